The number of hydrogen-bond acceptors (Lipinski definition) is 8. The van der Waals surface area contributed by atoms with Crippen LogP contribution in [0.4, 0.5) is 0 Å². The monoisotopic (exact) mass is 545 g/mol. The van der Waals surface area contributed by atoms with Crippen LogP contribution >= 0.6 is 23.4 Å². The van der Waals surface area contributed by atoms with Crippen LogP contribution in [0.1, 0.15) is 58.6 Å². The molecule has 3 aliphatic heterocycles. The zero-order chi connectivity index (χ0) is 26.7. The molecular formula is C27H32ClN3O5S. The number of carbonyl (C=O) groups is 3. The molecule has 1 amide bonds. The quantitative estimate of drug-likeness (QED) is 0.442. The van der Waals surface area contributed by atoms with Crippen LogP contribution in [0.25, 0.3) is 0 Å². The van der Waals surface area contributed by atoms with Crippen molar-refractivity contribution in [3.05, 3.63) is 57.2 Å². The molecule has 2 unspecified atom stereocenters. The van der Waals surface area contributed by atoms with E-state index in [0.717, 1.165) is 17.7 Å². The normalized spacial score (nSPS) is 21.5. The zero-order valence-corrected chi connectivity index (χ0v) is 23.1. The van der Waals surface area contributed by atoms with Gasteiger partial charge in [0, 0.05) is 23.8 Å². The van der Waals surface area contributed by atoms with Crippen LogP contribution in [0.2, 0.25) is 5.02 Å². The van der Waals surface area contributed by atoms with Gasteiger partial charge in [-0.25, -0.2) is 9.79 Å². The second kappa shape index (κ2) is 11.7. The molecule has 0 bridgehead atoms. The Balaban J connectivity index is 1.62. The summed E-state index contributed by atoms with van der Waals surface area (Å²) in [6, 6.07) is 6.78. The van der Waals surface area contributed by atoms with Gasteiger partial charge in [0.05, 0.1) is 42.4 Å². The van der Waals surface area contributed by atoms with Crippen LogP contribution in [0, 0.1) is 5.92 Å². The third kappa shape index (κ3) is 5.88. The van der Waals surface area contributed by atoms with Gasteiger partial charge in [0.15, 0.2) is 5.17 Å². The average Bonchev–Trinajstić information content (AvgIpc) is 3.25. The number of benzene rings is 1. The van der Waals surface area contributed by atoms with Crippen LogP contribution in [-0.2, 0) is 23.9 Å². The molecule has 10 heteroatoms. The van der Waals surface area contributed by atoms with E-state index in [9.17, 15) is 14.4 Å². The Labute approximate surface area is 226 Å². The number of hydrogen-bond donors (Lipinski definition) is 0. The first-order valence-corrected chi connectivity index (χ1v) is 13.8. The molecule has 3 heterocycles. The van der Waals surface area contributed by atoms with Crippen molar-refractivity contribution in [1.82, 2.24) is 9.80 Å². The fourth-order valence-corrected chi connectivity index (χ4v) is 6.03. The van der Waals surface area contributed by atoms with E-state index in [1.165, 1.54) is 11.8 Å². The van der Waals surface area contributed by atoms with E-state index in [1.54, 1.807) is 38.7 Å². The maximum atomic E-state index is 13.4. The molecule has 3 aliphatic rings. The van der Waals surface area contributed by atoms with Gasteiger partial charge in [-0.2, -0.15) is 0 Å². The fourth-order valence-electron chi connectivity index (χ4n) is 4.82. The van der Waals surface area contributed by atoms with Crippen LogP contribution in [0.5, 0.6) is 0 Å². The Morgan fingerprint density at radius 3 is 2.70 bits per heavy atom. The first-order valence-electron chi connectivity index (χ1n) is 12.5. The number of aliphatic imine (C=N–C) groups is 1. The molecule has 2 atom stereocenters. The number of nitrogens with zero attached hydrogens (tertiary/aromatic N) is 3. The second-order valence-electron chi connectivity index (χ2n) is 9.48. The largest absolute Gasteiger partial charge is 0.466 e. The third-order valence-corrected chi connectivity index (χ3v) is 7.72. The molecule has 0 saturated carbocycles. The molecular weight excluding hydrogens is 514 g/mol. The minimum atomic E-state index is -0.588. The van der Waals surface area contributed by atoms with E-state index >= 15 is 0 Å². The van der Waals surface area contributed by atoms with Crippen molar-refractivity contribution in [2.24, 2.45) is 10.9 Å². The lowest BCUT2D eigenvalue weighted by molar-refractivity contribution is -0.151. The highest BCUT2D eigenvalue weighted by Gasteiger charge is 2.42. The molecule has 0 N–H and O–H groups in total. The highest BCUT2D eigenvalue weighted by molar-refractivity contribution is 8.16. The van der Waals surface area contributed by atoms with Crippen molar-refractivity contribution in [3.63, 3.8) is 0 Å². The number of rotatable bonds is 7. The summed E-state index contributed by atoms with van der Waals surface area (Å²) >= 11 is 8.04. The highest BCUT2D eigenvalue weighted by Crippen LogP contribution is 2.46. The van der Waals surface area contributed by atoms with E-state index in [0.29, 0.717) is 47.6 Å². The molecule has 198 valence electrons. The van der Waals surface area contributed by atoms with Gasteiger partial charge in [-0.15, -0.1) is 0 Å². The van der Waals surface area contributed by atoms with Gasteiger partial charge < -0.3 is 19.3 Å². The lowest BCUT2D eigenvalue weighted by Gasteiger charge is -2.37. The van der Waals surface area contributed by atoms with Crippen molar-refractivity contribution in [2.75, 3.05) is 19.7 Å². The number of piperidine rings is 1. The molecule has 0 radical (unpaired) electrons. The van der Waals surface area contributed by atoms with E-state index in [4.69, 9.17) is 21.1 Å². The Hall–Kier alpha value is -2.78. The molecule has 1 fully saturated rings. The summed E-state index contributed by atoms with van der Waals surface area (Å²) in [5.74, 6) is -1.11. The summed E-state index contributed by atoms with van der Waals surface area (Å²) in [6.07, 6.45) is 1.26. The molecule has 4 rings (SSSR count). The Kier molecular flexibility index (Phi) is 8.64. The Morgan fingerprint density at radius 2 is 2.00 bits per heavy atom. The summed E-state index contributed by atoms with van der Waals surface area (Å²) in [7, 11) is 0. The van der Waals surface area contributed by atoms with Gasteiger partial charge in [0.2, 0.25) is 5.91 Å². The minimum Gasteiger partial charge on any atom is -0.466 e. The number of fused-ring (bicyclic) bond motifs is 1. The zero-order valence-electron chi connectivity index (χ0n) is 21.5. The summed E-state index contributed by atoms with van der Waals surface area (Å²) in [6.45, 7) is 8.43. The predicted molar refractivity (Wildman–Crippen MR) is 144 cm³/mol. The highest BCUT2D eigenvalue weighted by atomic mass is 35.5. The van der Waals surface area contributed by atoms with Gasteiger partial charge >= 0.3 is 11.9 Å². The third-order valence-electron chi connectivity index (χ3n) is 6.49. The van der Waals surface area contributed by atoms with Crippen LogP contribution in [-0.4, -0.2) is 58.6 Å². The topological polar surface area (TPSA) is 88.5 Å². The second-order valence-corrected chi connectivity index (χ2v) is 10.7. The van der Waals surface area contributed by atoms with Crippen LogP contribution < -0.4 is 0 Å². The van der Waals surface area contributed by atoms with Gasteiger partial charge in [0.1, 0.15) is 0 Å². The average molecular weight is 546 g/mol. The molecule has 8 nitrogen and oxygen atoms in total. The summed E-state index contributed by atoms with van der Waals surface area (Å²) in [5, 5.41) is 3.08. The number of carbonyl (C=O) groups excluding carboxylic acids is 3. The van der Waals surface area contributed by atoms with Crippen molar-refractivity contribution < 1.29 is 23.9 Å². The molecule has 1 aromatic rings. The molecule has 0 aromatic heterocycles. The first kappa shape index (κ1) is 27.3. The Morgan fingerprint density at radius 1 is 1.24 bits per heavy atom. The summed E-state index contributed by atoms with van der Waals surface area (Å²) < 4.78 is 10.8. The van der Waals surface area contributed by atoms with Crippen LogP contribution in [0.3, 0.4) is 0 Å². The van der Waals surface area contributed by atoms with E-state index in [1.807, 2.05) is 28.5 Å². The lowest BCUT2D eigenvalue weighted by Crippen LogP contribution is -2.44. The molecule has 0 spiro atoms. The SMILES string of the molecule is CCOC(=O)C1CCCN(C(=O)CC2=CSC3=NC(C)=C(C(=O)OC(C)C)C(c4ccccc4Cl)N23)C1. The summed E-state index contributed by atoms with van der Waals surface area (Å²) in [4.78, 5) is 47.3. The number of likely N-dealkylation sites (tertiary alicyclic amines) is 1. The number of esters is 2. The van der Waals surface area contributed by atoms with Crippen LogP contribution in [0.15, 0.2) is 51.6 Å². The number of halogens is 1. The van der Waals surface area contributed by atoms with Crippen molar-refractivity contribution in [2.45, 2.75) is 59.1 Å². The molecule has 0 aliphatic carbocycles. The van der Waals surface area contributed by atoms with Gasteiger partial charge in [-0.05, 0) is 57.6 Å². The maximum absolute atomic E-state index is 13.4. The predicted octanol–water partition coefficient (Wildman–Crippen LogP) is 5.06. The van der Waals surface area contributed by atoms with E-state index in [2.05, 4.69) is 4.99 Å². The number of amides is 1. The van der Waals surface area contributed by atoms with Crippen molar-refractivity contribution in [3.8, 4) is 0 Å². The number of ether oxygens (including phenoxy) is 2. The molecule has 37 heavy (non-hydrogen) atoms. The fraction of sp³-hybridized carbons (Fsp3) is 0.481. The summed E-state index contributed by atoms with van der Waals surface area (Å²) in [5.41, 5.74) is 2.41. The number of thioether (sulfide) groups is 1. The van der Waals surface area contributed by atoms with Crippen molar-refractivity contribution in [1.29, 1.82) is 0 Å². The minimum absolute atomic E-state index is 0.0856. The first-order chi connectivity index (χ1) is 17.7. The smallest absolute Gasteiger partial charge is 0.338 e. The Bertz CT molecular complexity index is 1180. The standard InChI is InChI=1S/C27H32ClN3O5S/c1-5-35-25(33)18-9-8-12-30(14-18)22(32)13-19-15-37-27-29-17(4)23(26(34)36-16(2)3)24(31(19)27)20-10-6-7-11-21(20)28/h6-7,10-11,15-16,18,24H,5,8-9,12-14H2,1-4H3. The van der Waals surface area contributed by atoms with Gasteiger partial charge in [0.25, 0.3) is 0 Å². The number of amidine groups is 1. The van der Waals surface area contributed by atoms with Gasteiger partial charge in [-0.3, -0.25) is 9.59 Å². The molecule has 1 saturated heterocycles. The lowest BCUT2D eigenvalue weighted by atomic mass is 9.93. The van der Waals surface area contributed by atoms with E-state index in [-0.39, 0.29) is 30.3 Å². The van der Waals surface area contributed by atoms with Crippen molar-refractivity contribution >= 4 is 46.4 Å². The molecule has 1 aromatic carbocycles. The number of allylic oxidation sites excluding steroid dienone is 1. The maximum Gasteiger partial charge on any atom is 0.338 e. The van der Waals surface area contributed by atoms with E-state index < -0.39 is 12.0 Å². The van der Waals surface area contributed by atoms with Gasteiger partial charge in [-0.1, -0.05) is 41.6 Å².